The largest absolute Gasteiger partial charge is 0.389 e. The zero-order chi connectivity index (χ0) is 15.4. The molecule has 0 fully saturated rings. The molecule has 21 heavy (non-hydrogen) atoms. The highest BCUT2D eigenvalue weighted by atomic mass is 32.1. The first-order valence-corrected chi connectivity index (χ1v) is 7.23. The fourth-order valence-corrected chi connectivity index (χ4v) is 2.40. The van der Waals surface area contributed by atoms with Gasteiger partial charge in [0.15, 0.2) is 5.82 Å². The minimum Gasteiger partial charge on any atom is -0.389 e. The van der Waals surface area contributed by atoms with Gasteiger partial charge in [0, 0.05) is 25.5 Å². The summed E-state index contributed by atoms with van der Waals surface area (Å²) in [6.07, 6.45) is 3.56. The first kappa shape index (κ1) is 15.3. The van der Waals surface area contributed by atoms with Crippen LogP contribution in [-0.4, -0.2) is 26.7 Å². The molecular formula is C15H19N5S. The molecule has 0 aliphatic heterocycles. The maximum absolute atomic E-state index is 5.90. The SMILES string of the molecule is CCN(Cc1ccncc1)c1nnc(C)c(C)c1C(N)=S. The van der Waals surface area contributed by atoms with Crippen LogP contribution in [0.15, 0.2) is 24.5 Å². The second-order valence-electron chi connectivity index (χ2n) is 4.84. The summed E-state index contributed by atoms with van der Waals surface area (Å²) in [4.78, 5) is 6.51. The summed E-state index contributed by atoms with van der Waals surface area (Å²) < 4.78 is 0. The van der Waals surface area contributed by atoms with Gasteiger partial charge in [0.2, 0.25) is 0 Å². The quantitative estimate of drug-likeness (QED) is 0.854. The molecule has 0 unspecified atom stereocenters. The van der Waals surface area contributed by atoms with Crippen LogP contribution in [0.3, 0.4) is 0 Å². The third-order valence-corrected chi connectivity index (χ3v) is 3.69. The zero-order valence-corrected chi connectivity index (χ0v) is 13.3. The van der Waals surface area contributed by atoms with Gasteiger partial charge in [-0.1, -0.05) is 12.2 Å². The second-order valence-corrected chi connectivity index (χ2v) is 5.28. The average Bonchev–Trinajstić information content (AvgIpc) is 2.48. The van der Waals surface area contributed by atoms with E-state index in [1.54, 1.807) is 12.4 Å². The Morgan fingerprint density at radius 1 is 1.24 bits per heavy atom. The molecule has 0 saturated carbocycles. The summed E-state index contributed by atoms with van der Waals surface area (Å²) in [5.41, 5.74) is 9.70. The van der Waals surface area contributed by atoms with Gasteiger partial charge < -0.3 is 10.6 Å². The summed E-state index contributed by atoms with van der Waals surface area (Å²) in [7, 11) is 0. The predicted octanol–water partition coefficient (Wildman–Crippen LogP) is 2.15. The molecule has 2 rings (SSSR count). The molecule has 0 aromatic carbocycles. The molecule has 110 valence electrons. The van der Waals surface area contributed by atoms with Gasteiger partial charge in [-0.2, -0.15) is 5.10 Å². The Hall–Kier alpha value is -2.08. The first-order valence-electron chi connectivity index (χ1n) is 6.82. The van der Waals surface area contributed by atoms with Crippen molar-refractivity contribution in [3.63, 3.8) is 0 Å². The standard InChI is InChI=1S/C15H19N5S/c1-4-20(9-12-5-7-17-8-6-12)15-13(14(16)21)10(2)11(3)18-19-15/h5-8H,4,9H2,1-3H3,(H2,16,21). The number of hydrogen-bond donors (Lipinski definition) is 1. The fraction of sp³-hybridized carbons (Fsp3) is 0.333. The Morgan fingerprint density at radius 3 is 2.48 bits per heavy atom. The van der Waals surface area contributed by atoms with E-state index in [4.69, 9.17) is 18.0 Å². The third-order valence-electron chi connectivity index (χ3n) is 3.49. The number of anilines is 1. The van der Waals surface area contributed by atoms with E-state index < -0.39 is 0 Å². The molecule has 0 bridgehead atoms. The van der Waals surface area contributed by atoms with E-state index in [-0.39, 0.29) is 0 Å². The smallest absolute Gasteiger partial charge is 0.162 e. The summed E-state index contributed by atoms with van der Waals surface area (Å²) >= 11 is 5.20. The van der Waals surface area contributed by atoms with Crippen LogP contribution in [0.1, 0.15) is 29.3 Å². The van der Waals surface area contributed by atoms with Crippen LogP contribution < -0.4 is 10.6 Å². The van der Waals surface area contributed by atoms with Crippen LogP contribution in [-0.2, 0) is 6.54 Å². The lowest BCUT2D eigenvalue weighted by Gasteiger charge is -2.25. The van der Waals surface area contributed by atoms with Crippen molar-refractivity contribution in [3.8, 4) is 0 Å². The Kier molecular flexibility index (Phi) is 4.80. The van der Waals surface area contributed by atoms with Gasteiger partial charge in [0.25, 0.3) is 0 Å². The molecule has 5 nitrogen and oxygen atoms in total. The van der Waals surface area contributed by atoms with Gasteiger partial charge in [-0.05, 0) is 44.0 Å². The van der Waals surface area contributed by atoms with Gasteiger partial charge in [-0.25, -0.2) is 0 Å². The Labute approximate surface area is 130 Å². The van der Waals surface area contributed by atoms with E-state index in [0.717, 1.165) is 34.7 Å². The number of nitrogens with zero attached hydrogens (tertiary/aromatic N) is 4. The molecular weight excluding hydrogens is 282 g/mol. The Balaban J connectivity index is 2.43. The van der Waals surface area contributed by atoms with Crippen molar-refractivity contribution in [2.45, 2.75) is 27.3 Å². The van der Waals surface area contributed by atoms with Crippen LogP contribution >= 0.6 is 12.2 Å². The number of rotatable bonds is 5. The molecule has 2 heterocycles. The molecule has 0 radical (unpaired) electrons. The summed E-state index contributed by atoms with van der Waals surface area (Å²) in [6.45, 7) is 7.46. The van der Waals surface area contributed by atoms with Crippen molar-refractivity contribution in [2.75, 3.05) is 11.4 Å². The number of thiocarbonyl (C=S) groups is 1. The minimum absolute atomic E-state index is 0.355. The zero-order valence-electron chi connectivity index (χ0n) is 12.5. The second kappa shape index (κ2) is 6.58. The maximum Gasteiger partial charge on any atom is 0.162 e. The lowest BCUT2D eigenvalue weighted by molar-refractivity contribution is 0.786. The lowest BCUT2D eigenvalue weighted by atomic mass is 10.1. The number of pyridine rings is 1. The molecule has 0 saturated heterocycles. The highest BCUT2D eigenvalue weighted by molar-refractivity contribution is 7.80. The lowest BCUT2D eigenvalue weighted by Crippen LogP contribution is -2.28. The maximum atomic E-state index is 5.90. The average molecular weight is 301 g/mol. The Bertz CT molecular complexity index is 642. The van der Waals surface area contributed by atoms with Crippen LogP contribution in [0, 0.1) is 13.8 Å². The van der Waals surface area contributed by atoms with Crippen molar-refractivity contribution in [3.05, 3.63) is 46.9 Å². The number of aromatic nitrogens is 3. The van der Waals surface area contributed by atoms with E-state index in [1.807, 2.05) is 26.0 Å². The van der Waals surface area contributed by atoms with Gasteiger partial charge in [-0.15, -0.1) is 5.10 Å². The third kappa shape index (κ3) is 3.33. The number of nitrogens with two attached hydrogens (primary N) is 1. The van der Waals surface area contributed by atoms with Crippen molar-refractivity contribution >= 4 is 23.0 Å². The molecule has 6 heteroatoms. The van der Waals surface area contributed by atoms with E-state index >= 15 is 0 Å². The van der Waals surface area contributed by atoms with Crippen molar-refractivity contribution in [1.82, 2.24) is 15.2 Å². The molecule has 0 aliphatic rings. The minimum atomic E-state index is 0.355. The van der Waals surface area contributed by atoms with Crippen molar-refractivity contribution < 1.29 is 0 Å². The number of hydrogen-bond acceptors (Lipinski definition) is 5. The summed E-state index contributed by atoms with van der Waals surface area (Å²) in [5.74, 6) is 0.741. The molecule has 2 aromatic heterocycles. The van der Waals surface area contributed by atoms with E-state index in [2.05, 4.69) is 27.0 Å². The van der Waals surface area contributed by atoms with E-state index in [0.29, 0.717) is 11.5 Å². The normalized spacial score (nSPS) is 10.4. The van der Waals surface area contributed by atoms with Crippen molar-refractivity contribution in [1.29, 1.82) is 0 Å². The topological polar surface area (TPSA) is 67.9 Å². The van der Waals surface area contributed by atoms with E-state index in [1.165, 1.54) is 0 Å². The molecule has 0 atom stereocenters. The molecule has 0 spiro atoms. The van der Waals surface area contributed by atoms with Gasteiger partial charge in [-0.3, -0.25) is 4.98 Å². The molecule has 2 N–H and O–H groups in total. The van der Waals surface area contributed by atoms with Crippen LogP contribution in [0.25, 0.3) is 0 Å². The molecule has 0 aliphatic carbocycles. The number of aryl methyl sites for hydroxylation is 1. The van der Waals surface area contributed by atoms with Gasteiger partial charge in [0.05, 0.1) is 11.3 Å². The first-order chi connectivity index (χ1) is 10.0. The Morgan fingerprint density at radius 2 is 1.90 bits per heavy atom. The van der Waals surface area contributed by atoms with Crippen molar-refractivity contribution in [2.24, 2.45) is 5.73 Å². The van der Waals surface area contributed by atoms with Crippen LogP contribution in [0.4, 0.5) is 5.82 Å². The van der Waals surface area contributed by atoms with Gasteiger partial charge >= 0.3 is 0 Å². The molecule has 2 aromatic rings. The highest BCUT2D eigenvalue weighted by Gasteiger charge is 2.18. The fourth-order valence-electron chi connectivity index (χ4n) is 2.16. The van der Waals surface area contributed by atoms with Gasteiger partial charge in [0.1, 0.15) is 4.99 Å². The summed E-state index contributed by atoms with van der Waals surface area (Å²) in [5, 5.41) is 8.53. The monoisotopic (exact) mass is 301 g/mol. The summed E-state index contributed by atoms with van der Waals surface area (Å²) in [6, 6.07) is 3.97. The predicted molar refractivity (Wildman–Crippen MR) is 88.4 cm³/mol. The van der Waals surface area contributed by atoms with Crippen LogP contribution in [0.2, 0.25) is 0 Å². The molecule has 0 amide bonds. The van der Waals surface area contributed by atoms with E-state index in [9.17, 15) is 0 Å². The van der Waals surface area contributed by atoms with Crippen LogP contribution in [0.5, 0.6) is 0 Å². The highest BCUT2D eigenvalue weighted by Crippen LogP contribution is 2.23.